The Balaban J connectivity index is 1.75. The second kappa shape index (κ2) is 6.19. The largest absolute Gasteiger partial charge is 0.368 e. The summed E-state index contributed by atoms with van der Waals surface area (Å²) in [5, 5.41) is 8.70. The molecule has 0 amide bonds. The van der Waals surface area contributed by atoms with Crippen LogP contribution in [0.3, 0.4) is 0 Å². The van der Waals surface area contributed by atoms with E-state index in [9.17, 15) is 9.59 Å². The van der Waals surface area contributed by atoms with Crippen molar-refractivity contribution in [3.8, 4) is 5.69 Å². The number of tetrazole rings is 1. The van der Waals surface area contributed by atoms with Gasteiger partial charge in [-0.3, -0.25) is 4.79 Å². The Hall–Kier alpha value is -2.78. The third-order valence-electron chi connectivity index (χ3n) is 4.11. The molecular weight excluding hydrogens is 376 g/mol. The lowest BCUT2D eigenvalue weighted by Gasteiger charge is -2.01. The highest BCUT2D eigenvalue weighted by molar-refractivity contribution is 7.18. The maximum Gasteiger partial charge on any atom is 0.368 e. The summed E-state index contributed by atoms with van der Waals surface area (Å²) in [7, 11) is 0. The van der Waals surface area contributed by atoms with Gasteiger partial charge in [-0.25, -0.2) is 9.78 Å². The Morgan fingerprint density at radius 2 is 1.96 bits per heavy atom. The maximum atomic E-state index is 12.6. The summed E-state index contributed by atoms with van der Waals surface area (Å²) in [5.74, 6) is 0.344. The molecule has 3 heterocycles. The second-order valence-electron chi connectivity index (χ2n) is 5.76. The Morgan fingerprint density at radius 3 is 2.73 bits per heavy atom. The van der Waals surface area contributed by atoms with Crippen LogP contribution in [0.5, 0.6) is 0 Å². The fourth-order valence-corrected chi connectivity index (χ4v) is 3.93. The SMILES string of the molecule is Cc1sc2nc(Cn3nnn(-c4ccccc4Cl)c3=O)[nH]c(=O)c2c1C. The maximum absolute atomic E-state index is 12.6. The first kappa shape index (κ1) is 16.7. The standard InChI is InChI=1S/C16H13ClN6O2S/c1-8-9(2)26-15-13(8)14(24)18-12(19-15)7-22-16(25)23(21-20-22)11-6-4-3-5-10(11)17/h3-6H,7H2,1-2H3,(H,18,19,24). The number of aryl methyl sites for hydroxylation is 2. The van der Waals surface area contributed by atoms with E-state index < -0.39 is 5.69 Å². The molecule has 0 saturated heterocycles. The van der Waals surface area contributed by atoms with E-state index in [1.54, 1.807) is 24.3 Å². The molecule has 0 bridgehead atoms. The van der Waals surface area contributed by atoms with Gasteiger partial charge in [-0.05, 0) is 42.0 Å². The van der Waals surface area contributed by atoms with Crippen molar-refractivity contribution in [2.75, 3.05) is 0 Å². The average Bonchev–Trinajstić information content (AvgIpc) is 3.09. The van der Waals surface area contributed by atoms with E-state index in [0.29, 0.717) is 26.8 Å². The number of rotatable bonds is 3. The van der Waals surface area contributed by atoms with Crippen LogP contribution in [0.15, 0.2) is 33.9 Å². The van der Waals surface area contributed by atoms with Crippen LogP contribution in [-0.2, 0) is 6.54 Å². The van der Waals surface area contributed by atoms with E-state index in [1.807, 2.05) is 13.8 Å². The highest BCUT2D eigenvalue weighted by Crippen LogP contribution is 2.25. The zero-order valence-electron chi connectivity index (χ0n) is 13.9. The van der Waals surface area contributed by atoms with Crippen molar-refractivity contribution in [1.29, 1.82) is 0 Å². The minimum atomic E-state index is -0.473. The van der Waals surface area contributed by atoms with E-state index in [0.717, 1.165) is 19.8 Å². The number of fused-ring (bicyclic) bond motifs is 1. The number of nitrogens with zero attached hydrogens (tertiary/aromatic N) is 5. The highest BCUT2D eigenvalue weighted by Gasteiger charge is 2.15. The van der Waals surface area contributed by atoms with E-state index in [4.69, 9.17) is 11.6 Å². The quantitative estimate of drug-likeness (QED) is 0.579. The number of halogens is 1. The van der Waals surface area contributed by atoms with Gasteiger partial charge in [0.25, 0.3) is 5.56 Å². The lowest BCUT2D eigenvalue weighted by molar-refractivity contribution is 0.609. The first-order valence-corrected chi connectivity index (χ1v) is 8.92. The number of para-hydroxylation sites is 1. The molecule has 0 radical (unpaired) electrons. The molecule has 8 nitrogen and oxygen atoms in total. The molecule has 1 N–H and O–H groups in total. The van der Waals surface area contributed by atoms with Crippen molar-refractivity contribution >= 4 is 33.2 Å². The third-order valence-corrected chi connectivity index (χ3v) is 5.53. The molecule has 3 aromatic heterocycles. The molecule has 0 aliphatic carbocycles. The number of thiophene rings is 1. The summed E-state index contributed by atoms with van der Waals surface area (Å²) in [6.45, 7) is 3.84. The summed E-state index contributed by atoms with van der Waals surface area (Å²) in [5.41, 5.74) is 0.664. The minimum absolute atomic E-state index is 0.00443. The zero-order valence-corrected chi connectivity index (χ0v) is 15.4. The van der Waals surface area contributed by atoms with Crippen molar-refractivity contribution in [2.24, 2.45) is 0 Å². The lowest BCUT2D eigenvalue weighted by atomic mass is 10.2. The number of hydrogen-bond acceptors (Lipinski definition) is 6. The molecule has 1 aromatic carbocycles. The van der Waals surface area contributed by atoms with Gasteiger partial charge in [-0.15, -0.1) is 11.3 Å². The number of nitrogens with one attached hydrogen (secondary N) is 1. The Morgan fingerprint density at radius 1 is 1.19 bits per heavy atom. The normalized spacial score (nSPS) is 11.3. The van der Waals surface area contributed by atoms with Crippen molar-refractivity contribution in [3.05, 3.63) is 66.4 Å². The van der Waals surface area contributed by atoms with Gasteiger partial charge in [0.2, 0.25) is 0 Å². The summed E-state index contributed by atoms with van der Waals surface area (Å²) in [6.07, 6.45) is 0. The molecule has 0 fully saturated rings. The van der Waals surface area contributed by atoms with E-state index in [2.05, 4.69) is 20.4 Å². The molecule has 10 heteroatoms. The lowest BCUT2D eigenvalue weighted by Crippen LogP contribution is -2.26. The predicted molar refractivity (Wildman–Crippen MR) is 99.4 cm³/mol. The minimum Gasteiger partial charge on any atom is -0.308 e. The molecule has 26 heavy (non-hydrogen) atoms. The van der Waals surface area contributed by atoms with Crippen LogP contribution < -0.4 is 11.2 Å². The van der Waals surface area contributed by atoms with Gasteiger partial charge < -0.3 is 4.98 Å². The van der Waals surface area contributed by atoms with Gasteiger partial charge in [0.05, 0.1) is 16.1 Å². The van der Waals surface area contributed by atoms with Gasteiger partial charge in [0, 0.05) is 4.88 Å². The number of aromatic amines is 1. The van der Waals surface area contributed by atoms with E-state index >= 15 is 0 Å². The number of H-pyrrole nitrogens is 1. The summed E-state index contributed by atoms with van der Waals surface area (Å²) in [4.78, 5) is 33.8. The van der Waals surface area contributed by atoms with Crippen LogP contribution >= 0.6 is 22.9 Å². The van der Waals surface area contributed by atoms with Crippen LogP contribution in [0.4, 0.5) is 0 Å². The molecule has 132 valence electrons. The number of aromatic nitrogens is 6. The van der Waals surface area contributed by atoms with Crippen LogP contribution in [0, 0.1) is 13.8 Å². The van der Waals surface area contributed by atoms with Gasteiger partial charge in [-0.1, -0.05) is 23.7 Å². The molecule has 4 aromatic rings. The van der Waals surface area contributed by atoms with Gasteiger partial charge in [0.15, 0.2) is 0 Å². The molecule has 0 aliphatic rings. The predicted octanol–water partition coefficient (Wildman–Crippen LogP) is 2.05. The average molecular weight is 389 g/mol. The topological polar surface area (TPSA) is 98.5 Å². The first-order chi connectivity index (χ1) is 12.5. The highest BCUT2D eigenvalue weighted by atomic mass is 35.5. The van der Waals surface area contributed by atoms with Crippen molar-refractivity contribution < 1.29 is 0 Å². The van der Waals surface area contributed by atoms with Crippen molar-refractivity contribution in [2.45, 2.75) is 20.4 Å². The summed E-state index contributed by atoms with van der Waals surface area (Å²) in [6, 6.07) is 6.85. The van der Waals surface area contributed by atoms with E-state index in [-0.39, 0.29) is 12.1 Å². The van der Waals surface area contributed by atoms with Crippen LogP contribution in [-0.4, -0.2) is 29.8 Å². The molecule has 0 aliphatic heterocycles. The van der Waals surface area contributed by atoms with Gasteiger partial charge in [0.1, 0.15) is 17.2 Å². The fraction of sp³-hybridized carbons (Fsp3) is 0.188. The Labute approximate surface area is 155 Å². The number of benzene rings is 1. The van der Waals surface area contributed by atoms with Crippen molar-refractivity contribution in [3.63, 3.8) is 0 Å². The van der Waals surface area contributed by atoms with Crippen molar-refractivity contribution in [1.82, 2.24) is 29.8 Å². The monoisotopic (exact) mass is 388 g/mol. The molecular formula is C16H13ClN6O2S. The second-order valence-corrected chi connectivity index (χ2v) is 7.37. The molecule has 0 atom stereocenters. The molecule has 0 spiro atoms. The van der Waals surface area contributed by atoms with E-state index in [1.165, 1.54) is 11.3 Å². The van der Waals surface area contributed by atoms with Crippen LogP contribution in [0.2, 0.25) is 5.02 Å². The first-order valence-electron chi connectivity index (χ1n) is 7.72. The van der Waals surface area contributed by atoms with Gasteiger partial charge in [-0.2, -0.15) is 9.36 Å². The third kappa shape index (κ3) is 2.65. The summed E-state index contributed by atoms with van der Waals surface area (Å²) >= 11 is 7.56. The fourth-order valence-electron chi connectivity index (χ4n) is 2.66. The Bertz CT molecular complexity index is 1250. The molecule has 0 unspecified atom stereocenters. The number of hydrogen-bond donors (Lipinski definition) is 1. The van der Waals surface area contributed by atoms with Crippen LogP contribution in [0.1, 0.15) is 16.3 Å². The smallest absolute Gasteiger partial charge is 0.308 e. The zero-order chi connectivity index (χ0) is 18.4. The van der Waals surface area contributed by atoms with Crippen LogP contribution in [0.25, 0.3) is 15.9 Å². The Kier molecular flexibility index (Phi) is 3.97. The molecule has 4 rings (SSSR count). The molecule has 0 saturated carbocycles. The van der Waals surface area contributed by atoms with Gasteiger partial charge >= 0.3 is 5.69 Å². The summed E-state index contributed by atoms with van der Waals surface area (Å²) < 4.78 is 2.24.